The van der Waals surface area contributed by atoms with Gasteiger partial charge in [-0.15, -0.1) is 0 Å². The van der Waals surface area contributed by atoms with Crippen LogP contribution in [-0.4, -0.2) is 35.7 Å². The van der Waals surface area contributed by atoms with E-state index in [9.17, 15) is 14.9 Å². The summed E-state index contributed by atoms with van der Waals surface area (Å²) >= 11 is 0. The second kappa shape index (κ2) is 6.99. The summed E-state index contributed by atoms with van der Waals surface area (Å²) < 4.78 is 0. The Bertz CT molecular complexity index is 441. The van der Waals surface area contributed by atoms with Crippen molar-refractivity contribution in [3.05, 3.63) is 39.9 Å². The highest BCUT2D eigenvalue weighted by Gasteiger charge is 2.11. The Kier molecular flexibility index (Phi) is 5.63. The van der Waals surface area contributed by atoms with Gasteiger partial charge in [0.15, 0.2) is 5.78 Å². The standard InChI is InChI=1S/C14H20N2O3/c1-11(2)8-9-15(3)10-14(17)12-4-6-13(7-5-12)16(18)19/h4-7,11H,8-10H2,1-3H3. The van der Waals surface area contributed by atoms with Crippen molar-refractivity contribution in [2.75, 3.05) is 20.1 Å². The molecule has 0 aliphatic carbocycles. The smallest absolute Gasteiger partial charge is 0.269 e. The van der Waals surface area contributed by atoms with Crippen LogP contribution in [-0.2, 0) is 0 Å². The van der Waals surface area contributed by atoms with E-state index in [0.717, 1.165) is 13.0 Å². The van der Waals surface area contributed by atoms with Crippen molar-refractivity contribution in [2.45, 2.75) is 20.3 Å². The average molecular weight is 264 g/mol. The first-order valence-electron chi connectivity index (χ1n) is 6.36. The van der Waals surface area contributed by atoms with E-state index < -0.39 is 4.92 Å². The molecule has 0 atom stereocenters. The Labute approximate surface area is 113 Å². The van der Waals surface area contributed by atoms with Crippen LogP contribution in [0.5, 0.6) is 0 Å². The number of non-ortho nitro benzene ring substituents is 1. The molecule has 0 aromatic heterocycles. The van der Waals surface area contributed by atoms with Crippen molar-refractivity contribution in [1.29, 1.82) is 0 Å². The van der Waals surface area contributed by atoms with Crippen LogP contribution in [0, 0.1) is 16.0 Å². The molecule has 0 fully saturated rings. The van der Waals surface area contributed by atoms with Crippen LogP contribution in [0.1, 0.15) is 30.6 Å². The van der Waals surface area contributed by atoms with Crippen molar-refractivity contribution >= 4 is 11.5 Å². The van der Waals surface area contributed by atoms with Crippen molar-refractivity contribution in [1.82, 2.24) is 4.90 Å². The lowest BCUT2D eigenvalue weighted by atomic mass is 10.1. The van der Waals surface area contributed by atoms with Gasteiger partial charge in [-0.25, -0.2) is 0 Å². The molecule has 0 aliphatic heterocycles. The van der Waals surface area contributed by atoms with Crippen molar-refractivity contribution < 1.29 is 9.72 Å². The minimum absolute atomic E-state index is 0.00436. The van der Waals surface area contributed by atoms with Gasteiger partial charge in [0.1, 0.15) is 0 Å². The van der Waals surface area contributed by atoms with Crippen LogP contribution in [0.2, 0.25) is 0 Å². The summed E-state index contributed by atoms with van der Waals surface area (Å²) in [5, 5.41) is 10.5. The first-order chi connectivity index (χ1) is 8.90. The number of hydrogen-bond donors (Lipinski definition) is 0. The van der Waals surface area contributed by atoms with Crippen molar-refractivity contribution in [3.63, 3.8) is 0 Å². The topological polar surface area (TPSA) is 63.5 Å². The molecule has 1 aromatic carbocycles. The number of Topliss-reactive ketones (excluding diaryl/α,β-unsaturated/α-hetero) is 1. The zero-order chi connectivity index (χ0) is 14.4. The lowest BCUT2D eigenvalue weighted by molar-refractivity contribution is -0.384. The molecular weight excluding hydrogens is 244 g/mol. The van der Waals surface area contributed by atoms with E-state index >= 15 is 0 Å². The number of carbonyl (C=O) groups excluding carboxylic acids is 1. The third-order valence-electron chi connectivity index (χ3n) is 2.90. The zero-order valence-corrected chi connectivity index (χ0v) is 11.6. The molecule has 0 saturated heterocycles. The van der Waals surface area contributed by atoms with Gasteiger partial charge in [0.05, 0.1) is 11.5 Å². The molecule has 0 amide bonds. The van der Waals surface area contributed by atoms with Crippen LogP contribution in [0.25, 0.3) is 0 Å². The summed E-state index contributed by atoms with van der Waals surface area (Å²) in [6.07, 6.45) is 1.05. The van der Waals surface area contributed by atoms with Gasteiger partial charge in [0, 0.05) is 17.7 Å². The molecule has 0 spiro atoms. The zero-order valence-electron chi connectivity index (χ0n) is 11.6. The number of nitro groups is 1. The Morgan fingerprint density at radius 2 is 1.89 bits per heavy atom. The molecule has 5 heteroatoms. The Hall–Kier alpha value is -1.75. The summed E-state index contributed by atoms with van der Waals surface area (Å²) in [4.78, 5) is 24.0. The molecule has 0 saturated carbocycles. The molecule has 0 N–H and O–H groups in total. The summed E-state index contributed by atoms with van der Waals surface area (Å²) in [7, 11) is 1.91. The molecule has 0 aliphatic rings. The van der Waals surface area contributed by atoms with Gasteiger partial charge in [0.2, 0.25) is 0 Å². The number of likely N-dealkylation sites (N-methyl/N-ethyl adjacent to an activating group) is 1. The Morgan fingerprint density at radius 3 is 2.37 bits per heavy atom. The Morgan fingerprint density at radius 1 is 1.32 bits per heavy atom. The lowest BCUT2D eigenvalue weighted by Crippen LogP contribution is -2.27. The molecule has 0 radical (unpaired) electrons. The quantitative estimate of drug-likeness (QED) is 0.431. The van der Waals surface area contributed by atoms with E-state index in [1.807, 2.05) is 11.9 Å². The minimum Gasteiger partial charge on any atom is -0.299 e. The molecule has 0 unspecified atom stereocenters. The maximum atomic E-state index is 12.0. The van der Waals surface area contributed by atoms with Gasteiger partial charge < -0.3 is 0 Å². The van der Waals surface area contributed by atoms with Gasteiger partial charge in [0.25, 0.3) is 5.69 Å². The molecule has 0 bridgehead atoms. The number of nitrogens with zero attached hydrogens (tertiary/aromatic N) is 2. The lowest BCUT2D eigenvalue weighted by Gasteiger charge is -2.16. The first kappa shape index (κ1) is 15.3. The first-order valence-corrected chi connectivity index (χ1v) is 6.36. The van der Waals surface area contributed by atoms with E-state index in [-0.39, 0.29) is 11.5 Å². The molecule has 0 heterocycles. The normalized spacial score (nSPS) is 11.0. The summed E-state index contributed by atoms with van der Waals surface area (Å²) in [5.41, 5.74) is 0.520. The van der Waals surface area contributed by atoms with Gasteiger partial charge >= 0.3 is 0 Å². The highest BCUT2D eigenvalue weighted by molar-refractivity contribution is 5.97. The molecule has 5 nitrogen and oxygen atoms in total. The third-order valence-corrected chi connectivity index (χ3v) is 2.90. The van der Waals surface area contributed by atoms with Crippen LogP contribution in [0.15, 0.2) is 24.3 Å². The third kappa shape index (κ3) is 5.18. The van der Waals surface area contributed by atoms with E-state index in [4.69, 9.17) is 0 Å². The van der Waals surface area contributed by atoms with E-state index in [1.165, 1.54) is 24.3 Å². The van der Waals surface area contributed by atoms with Crippen LogP contribution in [0.4, 0.5) is 5.69 Å². The predicted molar refractivity (Wildman–Crippen MR) is 74.4 cm³/mol. The fourth-order valence-electron chi connectivity index (χ4n) is 1.66. The SMILES string of the molecule is CC(C)CCN(C)CC(=O)c1ccc([N+](=O)[O-])cc1. The number of nitro benzene ring substituents is 1. The van der Waals surface area contributed by atoms with Crippen molar-refractivity contribution in [3.8, 4) is 0 Å². The predicted octanol–water partition coefficient (Wildman–Crippen LogP) is 2.76. The van der Waals surface area contributed by atoms with Crippen LogP contribution in [0.3, 0.4) is 0 Å². The van der Waals surface area contributed by atoms with Gasteiger partial charge in [-0.1, -0.05) is 13.8 Å². The van der Waals surface area contributed by atoms with E-state index in [1.54, 1.807) is 0 Å². The summed E-state index contributed by atoms with van der Waals surface area (Å²) in [6.45, 7) is 5.50. The fraction of sp³-hybridized carbons (Fsp3) is 0.500. The maximum Gasteiger partial charge on any atom is 0.269 e. The molecule has 1 aromatic rings. The average Bonchev–Trinajstić information content (AvgIpc) is 2.36. The van der Waals surface area contributed by atoms with Crippen LogP contribution < -0.4 is 0 Å². The second-order valence-corrected chi connectivity index (χ2v) is 5.15. The van der Waals surface area contributed by atoms with Gasteiger partial charge in [-0.2, -0.15) is 0 Å². The number of rotatable bonds is 7. The van der Waals surface area contributed by atoms with Crippen LogP contribution >= 0.6 is 0 Å². The molecule has 1 rings (SSSR count). The number of hydrogen-bond acceptors (Lipinski definition) is 4. The fourth-order valence-corrected chi connectivity index (χ4v) is 1.66. The molecular formula is C14H20N2O3. The van der Waals surface area contributed by atoms with Gasteiger partial charge in [-0.05, 0) is 38.1 Å². The maximum absolute atomic E-state index is 12.0. The number of ketones is 1. The minimum atomic E-state index is -0.469. The summed E-state index contributed by atoms with van der Waals surface area (Å²) in [6, 6.07) is 5.75. The van der Waals surface area contributed by atoms with E-state index in [0.29, 0.717) is 18.0 Å². The highest BCUT2D eigenvalue weighted by atomic mass is 16.6. The van der Waals surface area contributed by atoms with E-state index in [2.05, 4.69) is 13.8 Å². The number of carbonyl (C=O) groups is 1. The van der Waals surface area contributed by atoms with Crippen molar-refractivity contribution in [2.24, 2.45) is 5.92 Å². The van der Waals surface area contributed by atoms with Gasteiger partial charge in [-0.3, -0.25) is 19.8 Å². The summed E-state index contributed by atoms with van der Waals surface area (Å²) in [5.74, 6) is 0.595. The largest absolute Gasteiger partial charge is 0.299 e. The highest BCUT2D eigenvalue weighted by Crippen LogP contribution is 2.12. The molecule has 19 heavy (non-hydrogen) atoms. The Balaban J connectivity index is 2.55. The second-order valence-electron chi connectivity index (χ2n) is 5.15. The number of benzene rings is 1. The monoisotopic (exact) mass is 264 g/mol. The molecule has 104 valence electrons.